The minimum absolute atomic E-state index is 0.395. The van der Waals surface area contributed by atoms with Gasteiger partial charge in [-0.05, 0) is 30.5 Å². The van der Waals surface area contributed by atoms with Gasteiger partial charge in [-0.15, -0.1) is 10.2 Å². The Kier molecular flexibility index (Phi) is 5.62. The van der Waals surface area contributed by atoms with E-state index in [1.807, 2.05) is 65.2 Å². The normalized spacial score (nSPS) is 14.2. The summed E-state index contributed by atoms with van der Waals surface area (Å²) < 4.78 is 2.02. The van der Waals surface area contributed by atoms with Gasteiger partial charge < -0.3 is 5.32 Å². The van der Waals surface area contributed by atoms with Crippen molar-refractivity contribution in [3.8, 4) is 5.69 Å². The highest BCUT2D eigenvalue weighted by Gasteiger charge is 2.33. The van der Waals surface area contributed by atoms with E-state index in [0.29, 0.717) is 11.1 Å². The molecule has 0 aliphatic heterocycles. The second-order valence-electron chi connectivity index (χ2n) is 6.76. The lowest BCUT2D eigenvalue weighted by Crippen LogP contribution is -2.39. The fourth-order valence-electron chi connectivity index (χ4n) is 3.03. The van der Waals surface area contributed by atoms with Crippen LogP contribution in [0.15, 0.2) is 65.8 Å². The summed E-state index contributed by atoms with van der Waals surface area (Å²) in [6.07, 6.45) is 2.18. The zero-order chi connectivity index (χ0) is 20.2. The summed E-state index contributed by atoms with van der Waals surface area (Å²) in [6.45, 7) is 0. The van der Waals surface area contributed by atoms with Crippen molar-refractivity contribution in [3.05, 3.63) is 72.1 Å². The van der Waals surface area contributed by atoms with Crippen molar-refractivity contribution in [1.82, 2.24) is 25.4 Å². The second kappa shape index (κ2) is 8.48. The predicted octanol–water partition coefficient (Wildman–Crippen LogP) is 3.43. The molecule has 29 heavy (non-hydrogen) atoms. The van der Waals surface area contributed by atoms with E-state index in [0.717, 1.165) is 29.9 Å². The van der Waals surface area contributed by atoms with Crippen LogP contribution in [0.1, 0.15) is 35.4 Å². The van der Waals surface area contributed by atoms with Crippen LogP contribution in [-0.4, -0.2) is 33.8 Å². The van der Waals surface area contributed by atoms with Crippen molar-refractivity contribution in [2.45, 2.75) is 29.2 Å². The lowest BCUT2D eigenvalue weighted by atomic mass is 10.1. The highest BCUT2D eigenvalue weighted by atomic mass is 32.2. The maximum absolute atomic E-state index is 12.9. The Morgan fingerprint density at radius 3 is 2.31 bits per heavy atom. The van der Waals surface area contributed by atoms with Gasteiger partial charge in [-0.2, -0.15) is 0 Å². The first-order chi connectivity index (χ1) is 14.2. The molecular formula is C21H21N5O2S. The smallest absolute Gasteiger partial charge is 0.321 e. The number of nitrogens with zero attached hydrogens (tertiary/aromatic N) is 3. The SMILES string of the molecule is CNC(=O)NC(=O)C(Sc1nnc(C2CC2)n1-c1ccccc1)c1ccccc1. The molecule has 148 valence electrons. The molecule has 1 aromatic heterocycles. The van der Waals surface area contributed by atoms with Gasteiger partial charge in [0.05, 0.1) is 0 Å². The number of hydrogen-bond acceptors (Lipinski definition) is 5. The van der Waals surface area contributed by atoms with Crippen LogP contribution >= 0.6 is 11.8 Å². The zero-order valence-corrected chi connectivity index (χ0v) is 16.7. The lowest BCUT2D eigenvalue weighted by molar-refractivity contribution is -0.119. The molecule has 1 fully saturated rings. The molecule has 8 heteroatoms. The Bertz CT molecular complexity index is 1000. The molecule has 2 aromatic carbocycles. The van der Waals surface area contributed by atoms with Gasteiger partial charge in [0.1, 0.15) is 11.1 Å². The summed E-state index contributed by atoms with van der Waals surface area (Å²) in [4.78, 5) is 24.6. The van der Waals surface area contributed by atoms with Crippen LogP contribution in [0.4, 0.5) is 4.79 Å². The van der Waals surface area contributed by atoms with Gasteiger partial charge in [0, 0.05) is 18.7 Å². The van der Waals surface area contributed by atoms with Crippen molar-refractivity contribution < 1.29 is 9.59 Å². The van der Waals surface area contributed by atoms with Crippen LogP contribution in [0.2, 0.25) is 0 Å². The summed E-state index contributed by atoms with van der Waals surface area (Å²) >= 11 is 1.29. The van der Waals surface area contributed by atoms with E-state index in [1.165, 1.54) is 18.8 Å². The largest absolute Gasteiger partial charge is 0.341 e. The summed E-state index contributed by atoms with van der Waals surface area (Å²) in [6, 6.07) is 18.7. The number of hydrogen-bond donors (Lipinski definition) is 2. The number of benzene rings is 2. The maximum atomic E-state index is 12.9. The van der Waals surface area contributed by atoms with Gasteiger partial charge in [-0.25, -0.2) is 4.79 Å². The van der Waals surface area contributed by atoms with Crippen molar-refractivity contribution in [1.29, 1.82) is 0 Å². The highest BCUT2D eigenvalue weighted by molar-refractivity contribution is 8.00. The third-order valence-electron chi connectivity index (χ3n) is 4.64. The van der Waals surface area contributed by atoms with Crippen LogP contribution in [0.25, 0.3) is 5.69 Å². The molecule has 1 saturated carbocycles. The molecule has 4 rings (SSSR count). The van der Waals surface area contributed by atoms with Gasteiger partial charge in [-0.3, -0.25) is 14.7 Å². The number of carbonyl (C=O) groups excluding carboxylic acids is 2. The highest BCUT2D eigenvalue weighted by Crippen LogP contribution is 2.43. The fraction of sp³-hybridized carbons (Fsp3) is 0.238. The van der Waals surface area contributed by atoms with Crippen molar-refractivity contribution in [2.75, 3.05) is 7.05 Å². The molecule has 2 N–H and O–H groups in total. The number of carbonyl (C=O) groups is 2. The number of rotatable bonds is 6. The standard InChI is InChI=1S/C21H21N5O2S/c1-22-20(28)23-19(27)17(14-8-4-2-5-9-14)29-21-25-24-18(15-12-13-15)26(21)16-10-6-3-7-11-16/h2-11,15,17H,12-13H2,1H3,(H2,22,23,27,28). The lowest BCUT2D eigenvalue weighted by Gasteiger charge is -2.17. The first kappa shape index (κ1) is 19.2. The van der Waals surface area contributed by atoms with E-state index in [9.17, 15) is 9.59 Å². The molecule has 0 saturated heterocycles. The number of thioether (sulfide) groups is 1. The number of amides is 3. The van der Waals surface area contributed by atoms with Crippen molar-refractivity contribution in [3.63, 3.8) is 0 Å². The molecule has 7 nitrogen and oxygen atoms in total. The minimum atomic E-state index is -0.646. The maximum Gasteiger partial charge on any atom is 0.321 e. The van der Waals surface area contributed by atoms with Gasteiger partial charge in [0.15, 0.2) is 5.16 Å². The molecule has 0 bridgehead atoms. The van der Waals surface area contributed by atoms with E-state index in [-0.39, 0.29) is 0 Å². The third-order valence-corrected chi connectivity index (χ3v) is 5.84. The van der Waals surface area contributed by atoms with E-state index >= 15 is 0 Å². The first-order valence-electron chi connectivity index (χ1n) is 9.42. The average Bonchev–Trinajstić information content (AvgIpc) is 3.52. The molecular weight excluding hydrogens is 386 g/mol. The Hall–Kier alpha value is -3.13. The topological polar surface area (TPSA) is 88.9 Å². The molecule has 1 atom stereocenters. The zero-order valence-electron chi connectivity index (χ0n) is 15.9. The van der Waals surface area contributed by atoms with Crippen LogP contribution < -0.4 is 10.6 Å². The molecule has 1 unspecified atom stereocenters. The van der Waals surface area contributed by atoms with Crippen molar-refractivity contribution in [2.24, 2.45) is 0 Å². The molecule has 1 aliphatic rings. The monoisotopic (exact) mass is 407 g/mol. The van der Waals surface area contributed by atoms with E-state index in [1.54, 1.807) is 0 Å². The van der Waals surface area contributed by atoms with E-state index in [2.05, 4.69) is 20.8 Å². The summed E-state index contributed by atoms with van der Waals surface area (Å²) in [5.41, 5.74) is 1.75. The van der Waals surface area contributed by atoms with Crippen molar-refractivity contribution >= 4 is 23.7 Å². The quantitative estimate of drug-likeness (QED) is 0.611. The Morgan fingerprint density at radius 1 is 1.03 bits per heavy atom. The predicted molar refractivity (Wildman–Crippen MR) is 111 cm³/mol. The van der Waals surface area contributed by atoms with Gasteiger partial charge in [0.25, 0.3) is 0 Å². The molecule has 0 radical (unpaired) electrons. The van der Waals surface area contributed by atoms with E-state index in [4.69, 9.17) is 0 Å². The Morgan fingerprint density at radius 2 is 1.69 bits per heavy atom. The van der Waals surface area contributed by atoms with Crippen LogP contribution in [0.5, 0.6) is 0 Å². The molecule has 1 aliphatic carbocycles. The Labute approximate surface area is 172 Å². The number of urea groups is 1. The number of para-hydroxylation sites is 1. The fourth-order valence-corrected chi connectivity index (χ4v) is 4.09. The molecule has 3 aromatic rings. The van der Waals surface area contributed by atoms with Crippen LogP contribution in [0.3, 0.4) is 0 Å². The average molecular weight is 407 g/mol. The molecule has 1 heterocycles. The Balaban J connectivity index is 1.71. The third kappa shape index (κ3) is 4.32. The summed E-state index contributed by atoms with van der Waals surface area (Å²) in [7, 11) is 1.47. The molecule has 3 amide bonds. The second-order valence-corrected chi connectivity index (χ2v) is 7.84. The number of nitrogens with one attached hydrogen (secondary N) is 2. The number of aromatic nitrogens is 3. The van der Waals surface area contributed by atoms with Crippen LogP contribution in [-0.2, 0) is 4.79 Å². The van der Waals surface area contributed by atoms with E-state index < -0.39 is 17.2 Å². The first-order valence-corrected chi connectivity index (χ1v) is 10.3. The summed E-state index contributed by atoms with van der Waals surface area (Å²) in [5.74, 6) is 0.903. The number of imide groups is 1. The van der Waals surface area contributed by atoms with Gasteiger partial charge in [0.2, 0.25) is 5.91 Å². The molecule has 0 spiro atoms. The van der Waals surface area contributed by atoms with Gasteiger partial charge >= 0.3 is 6.03 Å². The van der Waals surface area contributed by atoms with Crippen LogP contribution in [0, 0.1) is 0 Å². The van der Waals surface area contributed by atoms with Gasteiger partial charge in [-0.1, -0.05) is 60.3 Å². The minimum Gasteiger partial charge on any atom is -0.341 e. The summed E-state index contributed by atoms with van der Waals surface area (Å²) in [5, 5.41) is 13.6.